The van der Waals surface area contributed by atoms with Gasteiger partial charge in [0.05, 0.1) is 11.1 Å². The van der Waals surface area contributed by atoms with E-state index in [-0.39, 0.29) is 11.3 Å². The fraction of sp³-hybridized carbons (Fsp3) is 0.500. The molecule has 1 amide bonds. The van der Waals surface area contributed by atoms with E-state index in [1.807, 2.05) is 30.3 Å². The van der Waals surface area contributed by atoms with Crippen LogP contribution in [0.2, 0.25) is 0 Å². The lowest BCUT2D eigenvalue weighted by atomic mass is 9.94. The molecule has 1 heterocycles. The molecular formula is C16H20ClN3O. The molecule has 1 N–H and O–H groups in total. The van der Waals surface area contributed by atoms with Crippen molar-refractivity contribution in [3.8, 4) is 0 Å². The van der Waals surface area contributed by atoms with Crippen molar-refractivity contribution in [2.75, 3.05) is 5.01 Å². The molecule has 1 aliphatic carbocycles. The predicted molar refractivity (Wildman–Crippen MR) is 85.9 cm³/mol. The van der Waals surface area contributed by atoms with E-state index in [4.69, 9.17) is 11.6 Å². The van der Waals surface area contributed by atoms with Gasteiger partial charge in [0.25, 0.3) is 5.91 Å². The lowest BCUT2D eigenvalue weighted by Crippen LogP contribution is -2.56. The minimum atomic E-state index is -0.396. The number of anilines is 1. The van der Waals surface area contributed by atoms with Crippen molar-refractivity contribution < 1.29 is 4.79 Å². The third kappa shape index (κ3) is 3.27. The molecule has 2 unspecified atom stereocenters. The maximum Gasteiger partial charge on any atom is 0.266 e. The molecule has 112 valence electrons. The van der Waals surface area contributed by atoms with E-state index >= 15 is 0 Å². The van der Waals surface area contributed by atoms with E-state index in [0.717, 1.165) is 18.5 Å². The Morgan fingerprint density at radius 2 is 1.86 bits per heavy atom. The first kappa shape index (κ1) is 14.5. The number of benzene rings is 1. The number of nitrogens with zero attached hydrogens (tertiary/aromatic N) is 2. The van der Waals surface area contributed by atoms with E-state index in [0.29, 0.717) is 6.04 Å². The van der Waals surface area contributed by atoms with Crippen LogP contribution >= 0.6 is 11.6 Å². The normalized spacial score (nSPS) is 27.1. The van der Waals surface area contributed by atoms with Gasteiger partial charge in [-0.1, -0.05) is 37.5 Å². The lowest BCUT2D eigenvalue weighted by molar-refractivity contribution is -0.120. The average molecular weight is 306 g/mol. The Bertz CT molecular complexity index is 514. The summed E-state index contributed by atoms with van der Waals surface area (Å²) in [6.07, 6.45) is 7.63. The molecule has 1 saturated carbocycles. The van der Waals surface area contributed by atoms with Crippen molar-refractivity contribution >= 4 is 29.4 Å². The Kier molecular flexibility index (Phi) is 4.56. The number of rotatable bonds is 3. The van der Waals surface area contributed by atoms with Gasteiger partial charge in [0, 0.05) is 12.3 Å². The molecule has 3 rings (SSSR count). The number of alkyl halides is 1. The van der Waals surface area contributed by atoms with Gasteiger partial charge in [-0.05, 0) is 25.0 Å². The fourth-order valence-corrected chi connectivity index (χ4v) is 3.22. The van der Waals surface area contributed by atoms with Crippen LogP contribution in [-0.2, 0) is 4.79 Å². The predicted octanol–water partition coefficient (Wildman–Crippen LogP) is 2.92. The molecule has 4 nitrogen and oxygen atoms in total. The van der Waals surface area contributed by atoms with Crippen molar-refractivity contribution in [1.29, 1.82) is 0 Å². The largest absolute Gasteiger partial charge is 0.301 e. The maximum atomic E-state index is 12.7. The third-order valence-electron chi connectivity index (χ3n) is 4.14. The van der Waals surface area contributed by atoms with Crippen LogP contribution in [0.3, 0.4) is 0 Å². The zero-order valence-corrected chi connectivity index (χ0v) is 12.7. The first-order valence-electron chi connectivity index (χ1n) is 7.59. The average Bonchev–Trinajstić information content (AvgIpc) is 2.53. The van der Waals surface area contributed by atoms with Gasteiger partial charge >= 0.3 is 0 Å². The number of carbonyl (C=O) groups is 1. The minimum absolute atomic E-state index is 0.0747. The highest BCUT2D eigenvalue weighted by Gasteiger charge is 2.35. The van der Waals surface area contributed by atoms with E-state index in [1.165, 1.54) is 24.3 Å². The molecule has 1 aromatic carbocycles. The Morgan fingerprint density at radius 1 is 1.14 bits per heavy atom. The van der Waals surface area contributed by atoms with Crippen molar-refractivity contribution in [3.05, 3.63) is 30.3 Å². The van der Waals surface area contributed by atoms with Crippen LogP contribution in [0, 0.1) is 0 Å². The van der Waals surface area contributed by atoms with Crippen LogP contribution in [0.25, 0.3) is 0 Å². The Labute approximate surface area is 130 Å². The number of nitrogens with one attached hydrogen (secondary N) is 1. The van der Waals surface area contributed by atoms with Gasteiger partial charge in [0.2, 0.25) is 0 Å². The highest BCUT2D eigenvalue weighted by molar-refractivity contribution is 6.31. The van der Waals surface area contributed by atoms with Gasteiger partial charge in [0.15, 0.2) is 0 Å². The minimum Gasteiger partial charge on any atom is -0.301 e. The number of hydrogen-bond acceptors (Lipinski definition) is 3. The summed E-state index contributed by atoms with van der Waals surface area (Å²) in [5, 5.41) is 8.69. The molecule has 1 aromatic rings. The molecule has 21 heavy (non-hydrogen) atoms. The van der Waals surface area contributed by atoms with Crippen LogP contribution in [-0.4, -0.2) is 29.6 Å². The van der Waals surface area contributed by atoms with Crippen LogP contribution in [0.4, 0.5) is 5.69 Å². The van der Waals surface area contributed by atoms with Crippen LogP contribution in [0.15, 0.2) is 35.4 Å². The summed E-state index contributed by atoms with van der Waals surface area (Å²) in [5.41, 5.74) is 0.776. The second kappa shape index (κ2) is 6.58. The first-order valence-corrected chi connectivity index (χ1v) is 8.02. The fourth-order valence-electron chi connectivity index (χ4n) is 2.99. The molecule has 0 spiro atoms. The van der Waals surface area contributed by atoms with Crippen LogP contribution in [0.1, 0.15) is 32.1 Å². The molecule has 1 fully saturated rings. The van der Waals surface area contributed by atoms with Crippen LogP contribution in [0.5, 0.6) is 0 Å². The van der Waals surface area contributed by atoms with Crippen molar-refractivity contribution in [3.63, 3.8) is 0 Å². The number of amides is 1. The summed E-state index contributed by atoms with van der Waals surface area (Å²) in [5.74, 6) is -0.0747. The van der Waals surface area contributed by atoms with E-state index in [1.54, 1.807) is 6.21 Å². The number of hydrazone groups is 1. The Hall–Kier alpha value is -1.39. The van der Waals surface area contributed by atoms with Gasteiger partial charge in [-0.2, -0.15) is 10.1 Å². The highest BCUT2D eigenvalue weighted by Crippen LogP contribution is 2.23. The zero-order valence-electron chi connectivity index (χ0n) is 11.9. The summed E-state index contributed by atoms with van der Waals surface area (Å²) in [6.45, 7) is 0. The smallest absolute Gasteiger partial charge is 0.266 e. The summed E-state index contributed by atoms with van der Waals surface area (Å²) < 4.78 is 0. The molecule has 0 bridgehead atoms. The molecule has 2 atom stereocenters. The molecule has 0 saturated heterocycles. The third-order valence-corrected chi connectivity index (χ3v) is 4.50. The number of carbonyl (C=O) groups excluding carboxylic acids is 1. The molecule has 1 aliphatic heterocycles. The Balaban J connectivity index is 1.75. The number of halogens is 1. The molecule has 0 radical (unpaired) electrons. The van der Waals surface area contributed by atoms with Gasteiger partial charge in [0.1, 0.15) is 6.04 Å². The summed E-state index contributed by atoms with van der Waals surface area (Å²) >= 11 is 6.29. The maximum absolute atomic E-state index is 12.7. The summed E-state index contributed by atoms with van der Waals surface area (Å²) in [6, 6.07) is 9.46. The highest BCUT2D eigenvalue weighted by atomic mass is 35.5. The van der Waals surface area contributed by atoms with Crippen LogP contribution < -0.4 is 10.3 Å². The van der Waals surface area contributed by atoms with Gasteiger partial charge in [-0.3, -0.25) is 4.79 Å². The monoisotopic (exact) mass is 305 g/mol. The van der Waals surface area contributed by atoms with Gasteiger partial charge in [-0.15, -0.1) is 11.6 Å². The van der Waals surface area contributed by atoms with E-state index < -0.39 is 6.04 Å². The molecule has 2 aliphatic rings. The van der Waals surface area contributed by atoms with Crippen molar-refractivity contribution in [2.45, 2.75) is 49.6 Å². The second-order valence-electron chi connectivity index (χ2n) is 5.67. The molecule has 0 aromatic heterocycles. The first-order chi connectivity index (χ1) is 10.3. The van der Waals surface area contributed by atoms with Crippen molar-refractivity contribution in [2.24, 2.45) is 5.10 Å². The molecular weight excluding hydrogens is 286 g/mol. The number of para-hydroxylation sites is 1. The number of hydrogen-bond donors (Lipinski definition) is 1. The SMILES string of the molecule is O=C1C(NC2CCCCC2)C(Cl)C=NN1c1ccccc1. The van der Waals surface area contributed by atoms with Crippen molar-refractivity contribution in [1.82, 2.24) is 5.32 Å². The quantitative estimate of drug-likeness (QED) is 0.873. The molecule has 5 heteroatoms. The van der Waals surface area contributed by atoms with Gasteiger partial charge < -0.3 is 5.32 Å². The lowest BCUT2D eigenvalue weighted by Gasteiger charge is -2.33. The topological polar surface area (TPSA) is 44.7 Å². The summed E-state index contributed by atoms with van der Waals surface area (Å²) in [7, 11) is 0. The van der Waals surface area contributed by atoms with E-state index in [9.17, 15) is 4.79 Å². The zero-order chi connectivity index (χ0) is 14.7. The summed E-state index contributed by atoms with van der Waals surface area (Å²) in [4.78, 5) is 12.7. The van der Waals surface area contributed by atoms with Gasteiger partial charge in [-0.25, -0.2) is 0 Å². The van der Waals surface area contributed by atoms with E-state index in [2.05, 4.69) is 10.4 Å². The standard InChI is InChI=1S/C16H20ClN3O/c17-14-11-18-20(13-9-5-2-6-10-13)16(21)15(14)19-12-7-3-1-4-8-12/h2,5-6,9-12,14-15,19H,1,3-4,7-8H2. The second-order valence-corrected chi connectivity index (χ2v) is 6.18. The Morgan fingerprint density at radius 3 is 2.57 bits per heavy atom.